The van der Waals surface area contributed by atoms with Crippen molar-refractivity contribution in [2.24, 2.45) is 5.73 Å². The van der Waals surface area contributed by atoms with E-state index in [1.54, 1.807) is 24.5 Å². The van der Waals surface area contributed by atoms with Crippen LogP contribution in [0.5, 0.6) is 0 Å². The summed E-state index contributed by atoms with van der Waals surface area (Å²) in [6.45, 7) is 0. The van der Waals surface area contributed by atoms with Crippen LogP contribution in [0, 0.1) is 5.82 Å². The Morgan fingerprint density at radius 1 is 1.16 bits per heavy atom. The molecule has 1 aromatic carbocycles. The van der Waals surface area contributed by atoms with Crippen molar-refractivity contribution in [2.45, 2.75) is 25.3 Å². The molecule has 0 spiro atoms. The summed E-state index contributed by atoms with van der Waals surface area (Å²) in [5.41, 5.74) is 8.41. The molecule has 2 N–H and O–H groups in total. The first kappa shape index (κ1) is 14.2. The number of hydrogen-bond acceptors (Lipinski definition) is 2. The molecule has 2 aromatic rings. The lowest BCUT2D eigenvalue weighted by Crippen LogP contribution is -2.23. The van der Waals surface area contributed by atoms with Gasteiger partial charge in [0.25, 0.3) is 0 Å². The summed E-state index contributed by atoms with van der Waals surface area (Å²) in [6, 6.07) is 9.12. The quantitative estimate of drug-likeness (QED) is 0.915. The molecule has 0 aliphatic carbocycles. The minimum atomic E-state index is -0.242. The predicted molar refractivity (Wildman–Crippen MR) is 78.3 cm³/mol. The van der Waals surface area contributed by atoms with Crippen LogP contribution in [-0.4, -0.2) is 11.0 Å². The smallest absolute Gasteiger partial charge is 0.137 e. The molecule has 1 atom stereocenters. The fourth-order valence-electron chi connectivity index (χ4n) is 1.97. The van der Waals surface area contributed by atoms with Gasteiger partial charge in [-0.15, -0.1) is 0 Å². The van der Waals surface area contributed by atoms with Crippen LogP contribution in [0.15, 0.2) is 47.2 Å². The van der Waals surface area contributed by atoms with Crippen LogP contribution in [0.4, 0.5) is 4.39 Å². The second-order valence-corrected chi connectivity index (χ2v) is 5.46. The van der Waals surface area contributed by atoms with Crippen molar-refractivity contribution >= 4 is 15.9 Å². The van der Waals surface area contributed by atoms with E-state index in [4.69, 9.17) is 5.73 Å². The van der Waals surface area contributed by atoms with Gasteiger partial charge < -0.3 is 5.73 Å². The molecule has 1 unspecified atom stereocenters. The number of hydrogen-bond donors (Lipinski definition) is 1. The van der Waals surface area contributed by atoms with Crippen LogP contribution >= 0.6 is 15.9 Å². The fraction of sp³-hybridized carbons (Fsp3) is 0.267. The summed E-state index contributed by atoms with van der Waals surface area (Å²) in [5, 5.41) is 0. The maximum absolute atomic E-state index is 13.1. The van der Waals surface area contributed by atoms with Gasteiger partial charge in [-0.3, -0.25) is 4.98 Å². The fourth-order valence-corrected chi connectivity index (χ4v) is 2.40. The minimum absolute atomic E-state index is 0.0746. The Morgan fingerprint density at radius 3 is 2.58 bits per heavy atom. The Bertz CT molecular complexity index is 531. The van der Waals surface area contributed by atoms with E-state index in [1.165, 1.54) is 11.6 Å². The summed E-state index contributed by atoms with van der Waals surface area (Å²) in [5.74, 6) is -0.242. The minimum Gasteiger partial charge on any atom is -0.327 e. The van der Waals surface area contributed by atoms with Gasteiger partial charge in [-0.1, -0.05) is 6.07 Å². The van der Waals surface area contributed by atoms with Crippen molar-refractivity contribution in [3.05, 3.63) is 64.1 Å². The standard InChI is InChI=1S/C15H16BrFN2/c16-14-10-12(2-4-15(14)17)9-13(18)3-1-11-5-7-19-8-6-11/h2,4-8,10,13H,1,3,9,18H2. The highest BCUT2D eigenvalue weighted by molar-refractivity contribution is 9.10. The first-order chi connectivity index (χ1) is 9.15. The molecular formula is C15H16BrFN2. The van der Waals surface area contributed by atoms with E-state index < -0.39 is 0 Å². The number of nitrogens with zero attached hydrogens (tertiary/aromatic N) is 1. The van der Waals surface area contributed by atoms with E-state index in [0.717, 1.165) is 24.8 Å². The lowest BCUT2D eigenvalue weighted by molar-refractivity contribution is 0.602. The summed E-state index contributed by atoms with van der Waals surface area (Å²) in [6.07, 6.45) is 6.17. The van der Waals surface area contributed by atoms with Crippen molar-refractivity contribution in [2.75, 3.05) is 0 Å². The molecule has 0 aliphatic rings. The highest BCUT2D eigenvalue weighted by atomic mass is 79.9. The van der Waals surface area contributed by atoms with Crippen LogP contribution in [0.1, 0.15) is 17.5 Å². The predicted octanol–water partition coefficient (Wildman–Crippen LogP) is 3.49. The Kier molecular flexibility index (Phi) is 5.05. The lowest BCUT2D eigenvalue weighted by atomic mass is 10.0. The molecule has 0 aliphatic heterocycles. The SMILES string of the molecule is NC(CCc1ccncc1)Cc1ccc(F)c(Br)c1. The Hall–Kier alpha value is -1.26. The second kappa shape index (κ2) is 6.78. The van der Waals surface area contributed by atoms with Crippen molar-refractivity contribution in [1.82, 2.24) is 4.98 Å². The third-order valence-corrected chi connectivity index (χ3v) is 3.64. The molecule has 0 amide bonds. The third kappa shape index (κ3) is 4.40. The number of aryl methyl sites for hydroxylation is 1. The summed E-state index contributed by atoms with van der Waals surface area (Å²) in [4.78, 5) is 3.99. The Labute approximate surface area is 121 Å². The molecule has 0 saturated carbocycles. The molecule has 19 heavy (non-hydrogen) atoms. The average molecular weight is 323 g/mol. The number of nitrogens with two attached hydrogens (primary N) is 1. The van der Waals surface area contributed by atoms with Crippen molar-refractivity contribution in [3.8, 4) is 0 Å². The van der Waals surface area contributed by atoms with E-state index in [-0.39, 0.29) is 11.9 Å². The van der Waals surface area contributed by atoms with Crippen LogP contribution in [-0.2, 0) is 12.8 Å². The highest BCUT2D eigenvalue weighted by Gasteiger charge is 2.07. The zero-order chi connectivity index (χ0) is 13.7. The van der Waals surface area contributed by atoms with Crippen molar-refractivity contribution < 1.29 is 4.39 Å². The highest BCUT2D eigenvalue weighted by Crippen LogP contribution is 2.18. The number of halogens is 2. The lowest BCUT2D eigenvalue weighted by Gasteiger charge is -2.12. The van der Waals surface area contributed by atoms with Crippen molar-refractivity contribution in [3.63, 3.8) is 0 Å². The average Bonchev–Trinajstić information content (AvgIpc) is 2.42. The number of benzene rings is 1. The maximum Gasteiger partial charge on any atom is 0.137 e. The molecule has 4 heteroatoms. The molecule has 2 nitrogen and oxygen atoms in total. The zero-order valence-corrected chi connectivity index (χ0v) is 12.1. The zero-order valence-electron chi connectivity index (χ0n) is 10.5. The normalized spacial score (nSPS) is 12.4. The molecule has 0 radical (unpaired) electrons. The van der Waals surface area contributed by atoms with Gasteiger partial charge in [-0.05, 0) is 70.6 Å². The monoisotopic (exact) mass is 322 g/mol. The first-order valence-electron chi connectivity index (χ1n) is 6.23. The molecule has 1 heterocycles. The molecule has 1 aromatic heterocycles. The van der Waals surface area contributed by atoms with Crippen LogP contribution in [0.3, 0.4) is 0 Å². The number of aromatic nitrogens is 1. The Morgan fingerprint density at radius 2 is 1.89 bits per heavy atom. The summed E-state index contributed by atoms with van der Waals surface area (Å²) >= 11 is 3.19. The van der Waals surface area contributed by atoms with Crippen molar-refractivity contribution in [1.29, 1.82) is 0 Å². The van der Waals surface area contributed by atoms with Crippen LogP contribution in [0.25, 0.3) is 0 Å². The molecule has 2 rings (SSSR count). The van der Waals surface area contributed by atoms with Gasteiger partial charge in [0.15, 0.2) is 0 Å². The van der Waals surface area contributed by atoms with E-state index >= 15 is 0 Å². The van der Waals surface area contributed by atoms with Crippen LogP contribution < -0.4 is 5.73 Å². The first-order valence-corrected chi connectivity index (χ1v) is 7.03. The van der Waals surface area contributed by atoms with Gasteiger partial charge in [0.2, 0.25) is 0 Å². The largest absolute Gasteiger partial charge is 0.327 e. The Balaban J connectivity index is 1.87. The molecule has 0 bridgehead atoms. The van der Waals surface area contributed by atoms with Gasteiger partial charge in [-0.25, -0.2) is 4.39 Å². The molecule has 0 fully saturated rings. The summed E-state index contributed by atoms with van der Waals surface area (Å²) in [7, 11) is 0. The van der Waals surface area contributed by atoms with E-state index in [2.05, 4.69) is 20.9 Å². The summed E-state index contributed by atoms with van der Waals surface area (Å²) < 4.78 is 13.6. The van der Waals surface area contributed by atoms with E-state index in [0.29, 0.717) is 4.47 Å². The van der Waals surface area contributed by atoms with E-state index in [1.807, 2.05) is 12.1 Å². The van der Waals surface area contributed by atoms with Gasteiger partial charge in [-0.2, -0.15) is 0 Å². The second-order valence-electron chi connectivity index (χ2n) is 4.61. The topological polar surface area (TPSA) is 38.9 Å². The van der Waals surface area contributed by atoms with Gasteiger partial charge in [0.1, 0.15) is 5.82 Å². The van der Waals surface area contributed by atoms with Crippen LogP contribution in [0.2, 0.25) is 0 Å². The van der Waals surface area contributed by atoms with Gasteiger partial charge in [0.05, 0.1) is 4.47 Å². The van der Waals surface area contributed by atoms with Gasteiger partial charge in [0, 0.05) is 18.4 Å². The molecular weight excluding hydrogens is 307 g/mol. The molecule has 0 saturated heterocycles. The maximum atomic E-state index is 13.1. The number of pyridine rings is 1. The van der Waals surface area contributed by atoms with E-state index in [9.17, 15) is 4.39 Å². The van der Waals surface area contributed by atoms with Gasteiger partial charge >= 0.3 is 0 Å². The third-order valence-electron chi connectivity index (χ3n) is 3.04. The number of rotatable bonds is 5. The molecule has 100 valence electrons.